The van der Waals surface area contributed by atoms with Crippen molar-refractivity contribution < 1.29 is 17.9 Å². The van der Waals surface area contributed by atoms with E-state index in [1.54, 1.807) is 25.3 Å². The zero-order valence-corrected chi connectivity index (χ0v) is 16.3. The number of hydrogen-bond donors (Lipinski definition) is 2. The number of benzene rings is 1. The molecule has 6 nitrogen and oxygen atoms in total. The fourth-order valence-electron chi connectivity index (χ4n) is 2.70. The van der Waals surface area contributed by atoms with E-state index in [1.165, 1.54) is 7.11 Å². The Kier molecular flexibility index (Phi) is 5.58. The molecule has 0 saturated heterocycles. The number of anilines is 4. The van der Waals surface area contributed by atoms with Crippen molar-refractivity contribution in [1.82, 2.24) is 15.0 Å². The van der Waals surface area contributed by atoms with Crippen molar-refractivity contribution in [3.8, 4) is 5.88 Å². The third-order valence-corrected chi connectivity index (χ3v) is 4.26. The number of aryl methyl sites for hydroxylation is 3. The Labute approximate surface area is 166 Å². The van der Waals surface area contributed by atoms with Gasteiger partial charge in [-0.05, 0) is 38.0 Å². The van der Waals surface area contributed by atoms with Crippen LogP contribution in [0.4, 0.5) is 36.3 Å². The first-order valence-electron chi connectivity index (χ1n) is 8.73. The van der Waals surface area contributed by atoms with E-state index in [-0.39, 0.29) is 11.8 Å². The molecule has 2 N–H and O–H groups in total. The highest BCUT2D eigenvalue weighted by Crippen LogP contribution is 2.36. The largest absolute Gasteiger partial charge is 0.481 e. The first kappa shape index (κ1) is 20.4. The Hall–Kier alpha value is -3.36. The molecule has 1 aromatic carbocycles. The van der Waals surface area contributed by atoms with Crippen LogP contribution in [0.15, 0.2) is 36.7 Å². The molecule has 29 heavy (non-hydrogen) atoms. The Morgan fingerprint density at radius 2 is 1.66 bits per heavy atom. The standard InChI is InChI=1S/C20H20F3N5O/c1-11-5-6-15(12(2)7-11)26-18-14(20(21,22)23)10-25-19(28-18)27-16-8-17(29-4)24-9-13(16)3/h5-10H,1-4H3,(H2,24,25,26,27,28). The minimum absolute atomic E-state index is 0.0154. The fourth-order valence-corrected chi connectivity index (χ4v) is 2.70. The number of alkyl halides is 3. The molecule has 0 spiro atoms. The SMILES string of the molecule is COc1cc(Nc2ncc(C(F)(F)F)c(Nc3ccc(C)cc3C)n2)c(C)cn1. The van der Waals surface area contributed by atoms with Crippen LogP contribution in [0.2, 0.25) is 0 Å². The van der Waals surface area contributed by atoms with Gasteiger partial charge in [0, 0.05) is 24.1 Å². The van der Waals surface area contributed by atoms with Gasteiger partial charge in [0.05, 0.1) is 12.8 Å². The maximum Gasteiger partial charge on any atom is 0.421 e. The monoisotopic (exact) mass is 403 g/mol. The number of pyridine rings is 1. The highest BCUT2D eigenvalue weighted by Gasteiger charge is 2.35. The molecule has 3 aromatic rings. The third-order valence-electron chi connectivity index (χ3n) is 4.26. The Morgan fingerprint density at radius 1 is 0.897 bits per heavy atom. The highest BCUT2D eigenvalue weighted by molar-refractivity contribution is 5.66. The van der Waals surface area contributed by atoms with Crippen LogP contribution in [0.3, 0.4) is 0 Å². The molecule has 9 heteroatoms. The number of rotatable bonds is 5. The summed E-state index contributed by atoms with van der Waals surface area (Å²) in [6.07, 6.45) is -2.26. The molecular weight excluding hydrogens is 383 g/mol. The van der Waals surface area contributed by atoms with Crippen LogP contribution in [0.25, 0.3) is 0 Å². The van der Waals surface area contributed by atoms with Crippen molar-refractivity contribution in [3.63, 3.8) is 0 Å². The second kappa shape index (κ2) is 7.94. The summed E-state index contributed by atoms with van der Waals surface area (Å²) in [5.74, 6) is 0.0425. The number of ether oxygens (including phenoxy) is 1. The Morgan fingerprint density at radius 3 is 2.31 bits per heavy atom. The van der Waals surface area contributed by atoms with Gasteiger partial charge in [-0.15, -0.1) is 0 Å². The van der Waals surface area contributed by atoms with Crippen molar-refractivity contribution in [3.05, 3.63) is 58.9 Å². The van der Waals surface area contributed by atoms with Gasteiger partial charge in [-0.25, -0.2) is 9.97 Å². The van der Waals surface area contributed by atoms with E-state index in [0.717, 1.165) is 22.9 Å². The number of nitrogens with one attached hydrogen (secondary N) is 2. The molecule has 0 bridgehead atoms. The van der Waals surface area contributed by atoms with E-state index in [0.29, 0.717) is 17.3 Å². The molecule has 0 aliphatic carbocycles. The van der Waals surface area contributed by atoms with Crippen molar-refractivity contribution in [1.29, 1.82) is 0 Å². The summed E-state index contributed by atoms with van der Waals surface area (Å²) < 4.78 is 45.5. The molecule has 0 fully saturated rings. The van der Waals surface area contributed by atoms with Gasteiger partial charge in [0.15, 0.2) is 0 Å². The van der Waals surface area contributed by atoms with Crippen LogP contribution < -0.4 is 15.4 Å². The topological polar surface area (TPSA) is 72.0 Å². The smallest absolute Gasteiger partial charge is 0.421 e. The van der Waals surface area contributed by atoms with Gasteiger partial charge in [0.1, 0.15) is 11.4 Å². The normalized spacial score (nSPS) is 11.3. The van der Waals surface area contributed by atoms with E-state index in [1.807, 2.05) is 26.0 Å². The van der Waals surface area contributed by atoms with Crippen LogP contribution in [-0.2, 0) is 6.18 Å². The molecule has 0 atom stereocenters. The molecule has 2 heterocycles. The van der Waals surface area contributed by atoms with Crippen LogP contribution in [-0.4, -0.2) is 22.1 Å². The zero-order chi connectivity index (χ0) is 21.2. The second-order valence-corrected chi connectivity index (χ2v) is 6.56. The van der Waals surface area contributed by atoms with E-state index >= 15 is 0 Å². The molecule has 0 aliphatic heterocycles. The van der Waals surface area contributed by atoms with Gasteiger partial charge in [-0.1, -0.05) is 17.7 Å². The Balaban J connectivity index is 2.00. The minimum atomic E-state index is -4.60. The quantitative estimate of drug-likeness (QED) is 0.601. The van der Waals surface area contributed by atoms with Gasteiger partial charge in [-0.2, -0.15) is 18.2 Å². The van der Waals surface area contributed by atoms with Crippen LogP contribution in [0.1, 0.15) is 22.3 Å². The summed E-state index contributed by atoms with van der Waals surface area (Å²) in [5.41, 5.74) is 2.74. The number of aromatic nitrogens is 3. The van der Waals surface area contributed by atoms with Crippen LogP contribution in [0, 0.1) is 20.8 Å². The van der Waals surface area contributed by atoms with Gasteiger partial charge < -0.3 is 15.4 Å². The summed E-state index contributed by atoms with van der Waals surface area (Å²) in [5, 5.41) is 5.72. The summed E-state index contributed by atoms with van der Waals surface area (Å²) in [7, 11) is 1.47. The van der Waals surface area contributed by atoms with E-state index in [2.05, 4.69) is 25.6 Å². The number of hydrogen-bond acceptors (Lipinski definition) is 6. The number of halogens is 3. The maximum atomic E-state index is 13.5. The maximum absolute atomic E-state index is 13.5. The average Bonchev–Trinajstić information content (AvgIpc) is 2.65. The molecule has 2 aromatic heterocycles. The lowest BCUT2D eigenvalue weighted by atomic mass is 10.1. The van der Waals surface area contributed by atoms with Gasteiger partial charge in [0.2, 0.25) is 11.8 Å². The summed E-state index contributed by atoms with van der Waals surface area (Å²) in [6.45, 7) is 5.53. The predicted octanol–water partition coefficient (Wildman–Crippen LogP) is 5.31. The lowest BCUT2D eigenvalue weighted by Gasteiger charge is -2.16. The first-order valence-corrected chi connectivity index (χ1v) is 8.73. The average molecular weight is 403 g/mol. The Bertz CT molecular complexity index is 1040. The zero-order valence-electron chi connectivity index (χ0n) is 16.3. The lowest BCUT2D eigenvalue weighted by molar-refractivity contribution is -0.137. The van der Waals surface area contributed by atoms with Gasteiger partial charge in [-0.3, -0.25) is 0 Å². The van der Waals surface area contributed by atoms with Gasteiger partial charge in [0.25, 0.3) is 0 Å². The third kappa shape index (κ3) is 4.74. The molecule has 152 valence electrons. The van der Waals surface area contributed by atoms with E-state index in [4.69, 9.17) is 4.74 Å². The molecule has 3 rings (SSSR count). The van der Waals surface area contributed by atoms with Crippen molar-refractivity contribution in [2.45, 2.75) is 26.9 Å². The first-order chi connectivity index (χ1) is 13.7. The molecule has 0 unspecified atom stereocenters. The predicted molar refractivity (Wildman–Crippen MR) is 105 cm³/mol. The van der Waals surface area contributed by atoms with E-state index < -0.39 is 11.7 Å². The molecular formula is C20H20F3N5O. The van der Waals surface area contributed by atoms with Crippen molar-refractivity contribution >= 4 is 23.1 Å². The molecule has 0 amide bonds. The highest BCUT2D eigenvalue weighted by atomic mass is 19.4. The number of nitrogens with zero attached hydrogens (tertiary/aromatic N) is 3. The molecule has 0 aliphatic rings. The summed E-state index contributed by atoms with van der Waals surface area (Å²) in [6, 6.07) is 7.03. The number of methoxy groups -OCH3 is 1. The van der Waals surface area contributed by atoms with Crippen molar-refractivity contribution in [2.24, 2.45) is 0 Å². The summed E-state index contributed by atoms with van der Waals surface area (Å²) in [4.78, 5) is 12.0. The molecule has 0 saturated carbocycles. The van der Waals surface area contributed by atoms with Crippen LogP contribution in [0.5, 0.6) is 5.88 Å². The molecule has 0 radical (unpaired) electrons. The lowest BCUT2D eigenvalue weighted by Crippen LogP contribution is -2.13. The summed E-state index contributed by atoms with van der Waals surface area (Å²) >= 11 is 0. The second-order valence-electron chi connectivity index (χ2n) is 6.56. The van der Waals surface area contributed by atoms with E-state index in [9.17, 15) is 13.2 Å². The minimum Gasteiger partial charge on any atom is -0.481 e. The van der Waals surface area contributed by atoms with Gasteiger partial charge >= 0.3 is 6.18 Å². The fraction of sp³-hybridized carbons (Fsp3) is 0.250. The van der Waals surface area contributed by atoms with Crippen LogP contribution >= 0.6 is 0 Å². The van der Waals surface area contributed by atoms with Crippen molar-refractivity contribution in [2.75, 3.05) is 17.7 Å².